The molecule has 0 nitrogen and oxygen atoms in total. The van der Waals surface area contributed by atoms with Crippen molar-refractivity contribution in [2.75, 3.05) is 0 Å². The second-order valence-electron chi connectivity index (χ2n) is 15.4. The van der Waals surface area contributed by atoms with Crippen molar-refractivity contribution in [2.24, 2.45) is 11.3 Å². The topological polar surface area (TPSA) is 0 Å². The zero-order valence-electron chi connectivity index (χ0n) is 28.6. The first kappa shape index (κ1) is 31.8. The molecule has 0 amide bonds. The summed E-state index contributed by atoms with van der Waals surface area (Å²) in [7, 11) is 0. The Labute approximate surface area is 278 Å². The standard InChI is InChI=1S/C46H50/c1-45(2,3)41-29-25-39(26-30-41)43(35-13-9-7-10-14-35)37-21-17-33(18-22-37)34-19-23-38(24-20-34)44(36-15-11-8-12-16-36)40-27-31-42(32-28-40)46(4,5)6/h7-19,21-23,25-31,42-44H,20,24,32H2,1-6H3. The van der Waals surface area contributed by atoms with Gasteiger partial charge in [0.1, 0.15) is 0 Å². The molecule has 46 heavy (non-hydrogen) atoms. The molecule has 4 aromatic rings. The van der Waals surface area contributed by atoms with Gasteiger partial charge in [-0.3, -0.25) is 0 Å². The Balaban J connectivity index is 1.27. The Morgan fingerprint density at radius 3 is 1.59 bits per heavy atom. The number of hydrogen-bond donors (Lipinski definition) is 0. The van der Waals surface area contributed by atoms with E-state index in [-0.39, 0.29) is 16.7 Å². The lowest BCUT2D eigenvalue weighted by molar-refractivity contribution is 0.292. The highest BCUT2D eigenvalue weighted by atomic mass is 14.3. The van der Waals surface area contributed by atoms with Crippen molar-refractivity contribution in [1.82, 2.24) is 0 Å². The predicted octanol–water partition coefficient (Wildman–Crippen LogP) is 12.6. The molecule has 0 radical (unpaired) electrons. The van der Waals surface area contributed by atoms with Gasteiger partial charge in [0.05, 0.1) is 0 Å². The van der Waals surface area contributed by atoms with Gasteiger partial charge in [0.25, 0.3) is 0 Å². The first-order valence-corrected chi connectivity index (χ1v) is 17.2. The van der Waals surface area contributed by atoms with E-state index in [0.717, 1.165) is 19.3 Å². The molecule has 0 saturated heterocycles. The molecule has 0 fully saturated rings. The Morgan fingerprint density at radius 2 is 1.11 bits per heavy atom. The third kappa shape index (κ3) is 7.13. The van der Waals surface area contributed by atoms with Crippen LogP contribution in [0.1, 0.15) is 106 Å². The summed E-state index contributed by atoms with van der Waals surface area (Å²) in [5.41, 5.74) is 12.9. The van der Waals surface area contributed by atoms with Crippen molar-refractivity contribution >= 4 is 5.57 Å². The zero-order chi connectivity index (χ0) is 32.3. The van der Waals surface area contributed by atoms with Crippen molar-refractivity contribution in [3.05, 3.63) is 184 Å². The van der Waals surface area contributed by atoms with Gasteiger partial charge in [-0.25, -0.2) is 0 Å². The van der Waals surface area contributed by atoms with Crippen LogP contribution in [0.25, 0.3) is 5.57 Å². The fraction of sp³-hybridized carbons (Fsp3) is 0.304. The van der Waals surface area contributed by atoms with Crippen LogP contribution in [0.3, 0.4) is 0 Å². The van der Waals surface area contributed by atoms with E-state index in [4.69, 9.17) is 0 Å². The summed E-state index contributed by atoms with van der Waals surface area (Å²) >= 11 is 0. The van der Waals surface area contributed by atoms with Crippen LogP contribution >= 0.6 is 0 Å². The van der Waals surface area contributed by atoms with Crippen LogP contribution in [0.2, 0.25) is 0 Å². The first-order valence-electron chi connectivity index (χ1n) is 17.2. The van der Waals surface area contributed by atoms with Crippen LogP contribution < -0.4 is 0 Å². The van der Waals surface area contributed by atoms with E-state index in [1.54, 1.807) is 0 Å². The van der Waals surface area contributed by atoms with E-state index < -0.39 is 0 Å². The van der Waals surface area contributed by atoms with Crippen LogP contribution in [0, 0.1) is 11.3 Å². The molecular weight excluding hydrogens is 553 g/mol. The lowest BCUT2D eigenvalue weighted by Crippen LogP contribution is -2.20. The monoisotopic (exact) mass is 602 g/mol. The molecule has 0 aliphatic heterocycles. The van der Waals surface area contributed by atoms with Gasteiger partial charge in [0.15, 0.2) is 0 Å². The second-order valence-corrected chi connectivity index (χ2v) is 15.4. The molecule has 6 rings (SSSR count). The molecule has 0 heteroatoms. The Morgan fingerprint density at radius 1 is 0.565 bits per heavy atom. The number of benzene rings is 4. The third-order valence-electron chi connectivity index (χ3n) is 10.1. The summed E-state index contributed by atoms with van der Waals surface area (Å²) in [5.74, 6) is 1.11. The highest BCUT2D eigenvalue weighted by Gasteiger charge is 2.27. The number of rotatable bonds is 7. The van der Waals surface area contributed by atoms with Gasteiger partial charge in [0.2, 0.25) is 0 Å². The fourth-order valence-electron chi connectivity index (χ4n) is 7.18. The van der Waals surface area contributed by atoms with Crippen molar-refractivity contribution in [2.45, 2.75) is 78.1 Å². The maximum atomic E-state index is 2.51. The van der Waals surface area contributed by atoms with E-state index >= 15 is 0 Å². The van der Waals surface area contributed by atoms with E-state index in [1.165, 1.54) is 50.1 Å². The number of allylic oxidation sites excluding steroid dienone is 8. The number of hydrogen-bond acceptors (Lipinski definition) is 0. The SMILES string of the molecule is CC(C)(C)c1ccc(C(c2ccccc2)c2ccc(C3=CC=C(C(C4=CCC(C(C)(C)C)C=C4)c4ccccc4)CC3)cc2)cc1. The quantitative estimate of drug-likeness (QED) is 0.185. The van der Waals surface area contributed by atoms with E-state index in [0.29, 0.717) is 11.8 Å². The minimum atomic E-state index is 0.144. The fourth-order valence-corrected chi connectivity index (χ4v) is 7.18. The van der Waals surface area contributed by atoms with Gasteiger partial charge in [-0.1, -0.05) is 187 Å². The maximum absolute atomic E-state index is 2.51. The van der Waals surface area contributed by atoms with Gasteiger partial charge >= 0.3 is 0 Å². The molecule has 3 unspecified atom stereocenters. The van der Waals surface area contributed by atoms with Gasteiger partial charge in [-0.05, 0) is 80.5 Å². The summed E-state index contributed by atoms with van der Waals surface area (Å²) < 4.78 is 0. The maximum Gasteiger partial charge on any atom is 0.0339 e. The lowest BCUT2D eigenvalue weighted by atomic mass is 9.73. The first-order chi connectivity index (χ1) is 22.1. The molecular formula is C46H50. The molecule has 0 spiro atoms. The van der Waals surface area contributed by atoms with Crippen LogP contribution in [0.5, 0.6) is 0 Å². The van der Waals surface area contributed by atoms with Crippen molar-refractivity contribution in [3.8, 4) is 0 Å². The van der Waals surface area contributed by atoms with Crippen molar-refractivity contribution in [3.63, 3.8) is 0 Å². The van der Waals surface area contributed by atoms with E-state index in [1.807, 2.05) is 0 Å². The smallest absolute Gasteiger partial charge is 0.0339 e. The molecule has 0 heterocycles. The minimum absolute atomic E-state index is 0.144. The highest BCUT2D eigenvalue weighted by molar-refractivity contribution is 5.70. The Kier molecular flexibility index (Phi) is 9.19. The van der Waals surface area contributed by atoms with Gasteiger partial charge in [0, 0.05) is 11.8 Å². The second kappa shape index (κ2) is 13.3. The van der Waals surface area contributed by atoms with E-state index in [9.17, 15) is 0 Å². The summed E-state index contributed by atoms with van der Waals surface area (Å²) in [4.78, 5) is 0. The van der Waals surface area contributed by atoms with Crippen LogP contribution in [0.15, 0.2) is 151 Å². The van der Waals surface area contributed by atoms with Crippen LogP contribution in [0.4, 0.5) is 0 Å². The van der Waals surface area contributed by atoms with Crippen molar-refractivity contribution in [1.29, 1.82) is 0 Å². The Bertz CT molecular complexity index is 1730. The molecule has 3 atom stereocenters. The summed E-state index contributed by atoms with van der Waals surface area (Å²) in [6.07, 6.45) is 15.4. The molecule has 2 aliphatic rings. The average Bonchev–Trinajstić information content (AvgIpc) is 3.06. The van der Waals surface area contributed by atoms with Crippen molar-refractivity contribution < 1.29 is 0 Å². The molecule has 0 aromatic heterocycles. The molecule has 234 valence electrons. The summed E-state index contributed by atoms with van der Waals surface area (Å²) in [6, 6.07) is 40.7. The summed E-state index contributed by atoms with van der Waals surface area (Å²) in [5, 5.41) is 0. The molecule has 0 saturated carbocycles. The molecule has 0 bridgehead atoms. The normalized spacial score (nSPS) is 18.3. The molecule has 2 aliphatic carbocycles. The highest BCUT2D eigenvalue weighted by Crippen LogP contribution is 2.43. The molecule has 0 N–H and O–H groups in total. The predicted molar refractivity (Wildman–Crippen MR) is 198 cm³/mol. The van der Waals surface area contributed by atoms with Crippen LogP contribution in [-0.2, 0) is 5.41 Å². The third-order valence-corrected chi connectivity index (χ3v) is 10.1. The largest absolute Gasteiger partial charge is 0.0803 e. The zero-order valence-corrected chi connectivity index (χ0v) is 28.6. The van der Waals surface area contributed by atoms with Crippen LogP contribution in [-0.4, -0.2) is 0 Å². The minimum Gasteiger partial charge on any atom is -0.0803 e. The van der Waals surface area contributed by atoms with Gasteiger partial charge < -0.3 is 0 Å². The molecule has 4 aromatic carbocycles. The van der Waals surface area contributed by atoms with Gasteiger partial charge in [-0.15, -0.1) is 0 Å². The average molecular weight is 603 g/mol. The summed E-state index contributed by atoms with van der Waals surface area (Å²) in [6.45, 7) is 13.9. The van der Waals surface area contributed by atoms with E-state index in [2.05, 4.69) is 181 Å². The Hall–Kier alpha value is -4.16. The van der Waals surface area contributed by atoms with Gasteiger partial charge in [-0.2, -0.15) is 0 Å². The lowest BCUT2D eigenvalue weighted by Gasteiger charge is -2.32.